The van der Waals surface area contributed by atoms with Crippen molar-refractivity contribution >= 4 is 38.5 Å². The van der Waals surface area contributed by atoms with Gasteiger partial charge in [0.25, 0.3) is 0 Å². The van der Waals surface area contributed by atoms with Crippen LogP contribution >= 0.6 is 15.9 Å². The monoisotopic (exact) mass is 268 g/mol. The van der Waals surface area contributed by atoms with Crippen molar-refractivity contribution in [3.63, 3.8) is 0 Å². The summed E-state index contributed by atoms with van der Waals surface area (Å²) in [6.07, 6.45) is 0. The van der Waals surface area contributed by atoms with Gasteiger partial charge in [-0.3, -0.25) is 0 Å². The maximum absolute atomic E-state index is 11.0. The molecule has 2 rings (SSSR count). The van der Waals surface area contributed by atoms with Gasteiger partial charge < -0.3 is 15.4 Å². The first-order chi connectivity index (χ1) is 7.04. The average Bonchev–Trinajstić information content (AvgIpc) is 2.40. The van der Waals surface area contributed by atoms with E-state index in [0.717, 1.165) is 15.4 Å². The van der Waals surface area contributed by atoms with Crippen LogP contribution in [0, 0.1) is 0 Å². The predicted octanol–water partition coefficient (Wildman–Crippen LogP) is 2.22. The van der Waals surface area contributed by atoms with E-state index in [9.17, 15) is 4.79 Å². The van der Waals surface area contributed by atoms with Gasteiger partial charge in [0, 0.05) is 16.9 Å². The zero-order valence-corrected chi connectivity index (χ0v) is 9.58. The fourth-order valence-corrected chi connectivity index (χ4v) is 2.38. The van der Waals surface area contributed by atoms with Crippen molar-refractivity contribution in [2.45, 2.75) is 0 Å². The zero-order valence-electron chi connectivity index (χ0n) is 7.99. The van der Waals surface area contributed by atoms with Gasteiger partial charge in [-0.2, -0.15) is 0 Å². The standard InChI is InChI=1S/C10H9BrN2O2/c1-13-8-5(3-2-4-6(8)11)7(12)9(13)10(14)15/h2-4H,12H2,1H3,(H,14,15). The van der Waals surface area contributed by atoms with Crippen LogP contribution < -0.4 is 5.73 Å². The van der Waals surface area contributed by atoms with Crippen LogP contribution in [0.2, 0.25) is 0 Å². The van der Waals surface area contributed by atoms with Gasteiger partial charge in [0.1, 0.15) is 0 Å². The zero-order chi connectivity index (χ0) is 11.2. The molecule has 2 aromatic rings. The number of carboxylic acids is 1. The summed E-state index contributed by atoms with van der Waals surface area (Å²) < 4.78 is 2.42. The van der Waals surface area contributed by atoms with Gasteiger partial charge in [0.15, 0.2) is 5.69 Å². The molecule has 0 unspecified atom stereocenters. The molecule has 3 N–H and O–H groups in total. The van der Waals surface area contributed by atoms with Crippen LogP contribution in [0.1, 0.15) is 10.5 Å². The van der Waals surface area contributed by atoms with Crippen LogP contribution in [0.3, 0.4) is 0 Å². The third-order valence-electron chi connectivity index (χ3n) is 2.41. The molecule has 0 aliphatic rings. The summed E-state index contributed by atoms with van der Waals surface area (Å²) in [5, 5.41) is 9.78. The molecule has 0 aliphatic heterocycles. The lowest BCUT2D eigenvalue weighted by molar-refractivity contribution is 0.0688. The first-order valence-corrected chi connectivity index (χ1v) is 5.09. The number of aromatic nitrogens is 1. The molecule has 0 saturated carbocycles. The maximum Gasteiger partial charge on any atom is 0.354 e. The lowest BCUT2D eigenvalue weighted by atomic mass is 10.2. The van der Waals surface area contributed by atoms with Crippen LogP contribution in [0.5, 0.6) is 0 Å². The SMILES string of the molecule is Cn1c(C(=O)O)c(N)c2cccc(Br)c21. The van der Waals surface area contributed by atoms with Gasteiger partial charge in [0.05, 0.1) is 11.2 Å². The molecule has 5 heteroatoms. The highest BCUT2D eigenvalue weighted by molar-refractivity contribution is 9.10. The Morgan fingerprint density at radius 1 is 1.53 bits per heavy atom. The van der Waals surface area contributed by atoms with E-state index >= 15 is 0 Å². The number of fused-ring (bicyclic) bond motifs is 1. The largest absolute Gasteiger partial charge is 0.477 e. The highest BCUT2D eigenvalue weighted by Gasteiger charge is 2.19. The van der Waals surface area contributed by atoms with E-state index in [2.05, 4.69) is 15.9 Å². The Bertz CT molecular complexity index is 560. The van der Waals surface area contributed by atoms with Crippen LogP contribution in [0.4, 0.5) is 5.69 Å². The van der Waals surface area contributed by atoms with Crippen LogP contribution in [-0.4, -0.2) is 15.6 Å². The highest BCUT2D eigenvalue weighted by Crippen LogP contribution is 2.32. The van der Waals surface area contributed by atoms with E-state index in [1.807, 2.05) is 18.2 Å². The maximum atomic E-state index is 11.0. The molecule has 0 amide bonds. The number of nitrogen functional groups attached to an aromatic ring is 1. The van der Waals surface area contributed by atoms with E-state index in [1.165, 1.54) is 0 Å². The van der Waals surface area contributed by atoms with E-state index in [1.54, 1.807) is 11.6 Å². The summed E-state index contributed by atoms with van der Waals surface area (Å²) in [6, 6.07) is 5.49. The van der Waals surface area contributed by atoms with Crippen molar-refractivity contribution in [3.8, 4) is 0 Å². The van der Waals surface area contributed by atoms with Gasteiger partial charge >= 0.3 is 5.97 Å². The topological polar surface area (TPSA) is 68.2 Å². The Kier molecular flexibility index (Phi) is 2.19. The third-order valence-corrected chi connectivity index (χ3v) is 3.05. The molecule has 0 atom stereocenters. The number of hydrogen-bond donors (Lipinski definition) is 2. The minimum atomic E-state index is -1.02. The summed E-state index contributed by atoms with van der Waals surface area (Å²) in [4.78, 5) is 11.0. The molecule has 1 heterocycles. The Hall–Kier alpha value is -1.49. The third kappa shape index (κ3) is 1.31. The molecule has 1 aromatic heterocycles. The van der Waals surface area contributed by atoms with E-state index in [4.69, 9.17) is 10.8 Å². The summed E-state index contributed by atoms with van der Waals surface area (Å²) in [5.74, 6) is -1.02. The van der Waals surface area contributed by atoms with E-state index in [0.29, 0.717) is 5.69 Å². The van der Waals surface area contributed by atoms with Crippen LogP contribution in [0.15, 0.2) is 22.7 Å². The van der Waals surface area contributed by atoms with Crippen molar-refractivity contribution in [1.29, 1.82) is 0 Å². The molecular weight excluding hydrogens is 260 g/mol. The molecule has 15 heavy (non-hydrogen) atoms. The van der Waals surface area contributed by atoms with E-state index < -0.39 is 5.97 Å². The fraction of sp³-hybridized carbons (Fsp3) is 0.100. The molecule has 0 fully saturated rings. The number of rotatable bonds is 1. The summed E-state index contributed by atoms with van der Waals surface area (Å²) in [6.45, 7) is 0. The Balaban J connectivity index is 2.98. The fourth-order valence-electron chi connectivity index (χ4n) is 1.75. The van der Waals surface area contributed by atoms with Crippen molar-refractivity contribution in [2.24, 2.45) is 7.05 Å². The summed E-state index contributed by atoms with van der Waals surface area (Å²) in [5.41, 5.74) is 7.01. The quantitative estimate of drug-likeness (QED) is 0.834. The lowest BCUT2D eigenvalue weighted by Crippen LogP contribution is -2.06. The Labute approximate surface area is 94.4 Å². The molecule has 0 saturated heterocycles. The second-order valence-electron chi connectivity index (χ2n) is 3.26. The van der Waals surface area contributed by atoms with Crippen molar-refractivity contribution < 1.29 is 9.90 Å². The molecule has 78 valence electrons. The normalized spacial score (nSPS) is 10.8. The molecule has 0 bridgehead atoms. The number of carbonyl (C=O) groups is 1. The van der Waals surface area contributed by atoms with Crippen molar-refractivity contribution in [2.75, 3.05) is 5.73 Å². The highest BCUT2D eigenvalue weighted by atomic mass is 79.9. The number of aromatic carboxylic acids is 1. The number of anilines is 1. The Morgan fingerprint density at radius 3 is 2.73 bits per heavy atom. The summed E-state index contributed by atoms with van der Waals surface area (Å²) >= 11 is 3.37. The number of hydrogen-bond acceptors (Lipinski definition) is 2. The number of halogens is 1. The molecule has 1 aromatic carbocycles. The molecule has 0 radical (unpaired) electrons. The van der Waals surface area contributed by atoms with Gasteiger partial charge in [0.2, 0.25) is 0 Å². The summed E-state index contributed by atoms with van der Waals surface area (Å²) in [7, 11) is 1.69. The van der Waals surface area contributed by atoms with Crippen molar-refractivity contribution in [1.82, 2.24) is 4.57 Å². The first kappa shape index (κ1) is 10.0. The number of nitrogens with zero attached hydrogens (tertiary/aromatic N) is 1. The van der Waals surface area contributed by atoms with Gasteiger partial charge in [-0.25, -0.2) is 4.79 Å². The number of aryl methyl sites for hydroxylation is 1. The molecule has 0 spiro atoms. The molecule has 4 nitrogen and oxygen atoms in total. The second-order valence-corrected chi connectivity index (χ2v) is 4.12. The number of carboxylic acid groups (broad SMARTS) is 1. The average molecular weight is 269 g/mol. The van der Waals surface area contributed by atoms with Crippen LogP contribution in [-0.2, 0) is 7.05 Å². The molecular formula is C10H9BrN2O2. The number of benzene rings is 1. The molecule has 0 aliphatic carbocycles. The second kappa shape index (κ2) is 3.27. The smallest absolute Gasteiger partial charge is 0.354 e. The van der Waals surface area contributed by atoms with Gasteiger partial charge in [-0.15, -0.1) is 0 Å². The predicted molar refractivity (Wildman–Crippen MR) is 62.0 cm³/mol. The van der Waals surface area contributed by atoms with E-state index in [-0.39, 0.29) is 5.69 Å². The first-order valence-electron chi connectivity index (χ1n) is 4.29. The minimum Gasteiger partial charge on any atom is -0.477 e. The lowest BCUT2D eigenvalue weighted by Gasteiger charge is -2.00. The minimum absolute atomic E-state index is 0.122. The van der Waals surface area contributed by atoms with Crippen molar-refractivity contribution in [3.05, 3.63) is 28.4 Å². The Morgan fingerprint density at radius 2 is 2.20 bits per heavy atom. The van der Waals surface area contributed by atoms with Gasteiger partial charge in [-0.05, 0) is 22.0 Å². The number of nitrogens with two attached hydrogens (primary N) is 1. The van der Waals surface area contributed by atoms with Gasteiger partial charge in [-0.1, -0.05) is 12.1 Å². The van der Waals surface area contributed by atoms with Crippen LogP contribution in [0.25, 0.3) is 10.9 Å². The number of para-hydroxylation sites is 1.